The van der Waals surface area contributed by atoms with Gasteiger partial charge < -0.3 is 25.2 Å². The number of carbonyl (C=O) groups excluding carboxylic acids is 2. The van der Waals surface area contributed by atoms with Crippen molar-refractivity contribution >= 4 is 25.7 Å². The van der Waals surface area contributed by atoms with E-state index in [-0.39, 0.29) is 12.8 Å². The van der Waals surface area contributed by atoms with Crippen LogP contribution in [0.5, 0.6) is 0 Å². The maximum absolute atomic E-state index is 12.1. The molecule has 12 heteroatoms. The summed E-state index contributed by atoms with van der Waals surface area (Å²) in [5.41, 5.74) is 0. The summed E-state index contributed by atoms with van der Waals surface area (Å²) in [5, 5.41) is 21.4. The Balaban J connectivity index is 4.13. The highest BCUT2D eigenvalue weighted by Gasteiger charge is 2.28. The number of aliphatic carboxylic acids is 1. The number of carbonyl (C=O) groups is 3. The molecular weight excluding hydrogens is 517 g/mol. The smallest absolute Gasteiger partial charge is 0.472 e. The number of phosphoric ester groups is 1. The van der Waals surface area contributed by atoms with Gasteiger partial charge in [-0.3, -0.25) is 18.6 Å². The van der Waals surface area contributed by atoms with Crippen molar-refractivity contribution in [2.45, 2.75) is 129 Å². The minimum atomic E-state index is -4.72. The number of carboxylic acid groups (broad SMARTS) is 1. The number of unbranched alkanes of at least 4 members (excludes halogenated alkanes) is 12. The zero-order valence-corrected chi connectivity index (χ0v) is 24.1. The molecule has 0 rings (SSSR count). The molecule has 4 N–H and O–H groups in total. The van der Waals surface area contributed by atoms with Crippen LogP contribution in [-0.4, -0.2) is 64.9 Å². The average Bonchev–Trinajstić information content (AvgIpc) is 2.87. The normalized spacial score (nSPS) is 14.4. The number of aliphatic hydroxyl groups is 1. The SMILES string of the molecule is CCCCCCCCCCCC(=O)NC(COP(=O)(O)OCC(O)COC(=O)CCCCCCC)C(=O)O. The molecule has 0 aromatic rings. The van der Waals surface area contributed by atoms with E-state index in [4.69, 9.17) is 4.74 Å². The van der Waals surface area contributed by atoms with E-state index in [1.54, 1.807) is 0 Å². The van der Waals surface area contributed by atoms with Gasteiger partial charge in [-0.05, 0) is 12.8 Å². The van der Waals surface area contributed by atoms with E-state index in [1.165, 1.54) is 32.1 Å². The fourth-order valence-corrected chi connectivity index (χ4v) is 4.38. The van der Waals surface area contributed by atoms with E-state index in [0.717, 1.165) is 44.9 Å². The molecule has 0 saturated carbocycles. The van der Waals surface area contributed by atoms with Crippen molar-refractivity contribution < 1.29 is 47.8 Å². The van der Waals surface area contributed by atoms with Crippen molar-refractivity contribution in [1.82, 2.24) is 5.32 Å². The van der Waals surface area contributed by atoms with Crippen molar-refractivity contribution in [3.8, 4) is 0 Å². The predicted molar refractivity (Wildman–Crippen MR) is 143 cm³/mol. The highest BCUT2D eigenvalue weighted by Crippen LogP contribution is 2.43. The summed E-state index contributed by atoms with van der Waals surface area (Å²) in [4.78, 5) is 44.9. The van der Waals surface area contributed by atoms with Gasteiger partial charge in [0.1, 0.15) is 12.7 Å². The second-order valence-corrected chi connectivity index (χ2v) is 11.1. The van der Waals surface area contributed by atoms with Crippen LogP contribution in [0.1, 0.15) is 117 Å². The summed E-state index contributed by atoms with van der Waals surface area (Å²) in [6.45, 7) is 2.39. The summed E-state index contributed by atoms with van der Waals surface area (Å²) in [6.07, 6.45) is 13.6. The molecule has 0 aromatic heterocycles. The Bertz CT molecular complexity index is 691. The van der Waals surface area contributed by atoms with Gasteiger partial charge in [-0.1, -0.05) is 90.9 Å². The molecule has 0 heterocycles. The van der Waals surface area contributed by atoms with Crippen molar-refractivity contribution in [3.05, 3.63) is 0 Å². The van der Waals surface area contributed by atoms with Crippen molar-refractivity contribution in [3.63, 3.8) is 0 Å². The molecule has 0 aromatic carbocycles. The number of amides is 1. The molecule has 0 saturated heterocycles. The van der Waals surface area contributed by atoms with Crippen LogP contribution in [0.4, 0.5) is 0 Å². The molecular formula is C26H50NO10P. The number of nitrogens with one attached hydrogen (secondary N) is 1. The van der Waals surface area contributed by atoms with Crippen molar-refractivity contribution in [2.75, 3.05) is 19.8 Å². The summed E-state index contributed by atoms with van der Waals surface area (Å²) >= 11 is 0. The van der Waals surface area contributed by atoms with Gasteiger partial charge in [0.15, 0.2) is 6.04 Å². The van der Waals surface area contributed by atoms with Gasteiger partial charge in [-0.15, -0.1) is 0 Å². The molecule has 0 bridgehead atoms. The molecule has 0 aliphatic heterocycles. The minimum absolute atomic E-state index is 0.149. The third-order valence-corrected chi connectivity index (χ3v) is 6.85. The number of rotatable bonds is 26. The summed E-state index contributed by atoms with van der Waals surface area (Å²) in [6, 6.07) is -1.53. The van der Waals surface area contributed by atoms with Gasteiger partial charge in [0, 0.05) is 12.8 Å². The average molecular weight is 568 g/mol. The highest BCUT2D eigenvalue weighted by molar-refractivity contribution is 7.47. The molecule has 0 fully saturated rings. The Kier molecular flexibility index (Phi) is 22.4. The number of esters is 1. The number of hydrogen-bond donors (Lipinski definition) is 4. The van der Waals surface area contributed by atoms with Gasteiger partial charge in [0.25, 0.3) is 0 Å². The lowest BCUT2D eigenvalue weighted by Crippen LogP contribution is -2.43. The molecule has 224 valence electrons. The third kappa shape index (κ3) is 22.5. The van der Waals surface area contributed by atoms with Crippen LogP contribution in [0.3, 0.4) is 0 Å². The maximum atomic E-state index is 12.1. The van der Waals surface area contributed by atoms with E-state index in [0.29, 0.717) is 12.8 Å². The zero-order valence-electron chi connectivity index (χ0n) is 23.2. The zero-order chi connectivity index (χ0) is 28.7. The Labute approximate surface area is 227 Å². The molecule has 0 spiro atoms. The second kappa shape index (κ2) is 23.4. The van der Waals surface area contributed by atoms with Gasteiger partial charge in [0.2, 0.25) is 5.91 Å². The van der Waals surface area contributed by atoms with Crippen LogP contribution in [-0.2, 0) is 32.7 Å². The molecule has 11 nitrogen and oxygen atoms in total. The molecule has 38 heavy (non-hydrogen) atoms. The van der Waals surface area contributed by atoms with Crippen LogP contribution in [0, 0.1) is 0 Å². The maximum Gasteiger partial charge on any atom is 0.472 e. The van der Waals surface area contributed by atoms with Crippen molar-refractivity contribution in [2.24, 2.45) is 0 Å². The van der Waals surface area contributed by atoms with Crippen LogP contribution in [0.25, 0.3) is 0 Å². The van der Waals surface area contributed by atoms with Crippen molar-refractivity contribution in [1.29, 1.82) is 0 Å². The third-order valence-electron chi connectivity index (χ3n) is 5.90. The van der Waals surface area contributed by atoms with Gasteiger partial charge in [-0.25, -0.2) is 9.36 Å². The van der Waals surface area contributed by atoms with E-state index in [9.17, 15) is 34.1 Å². The second-order valence-electron chi connectivity index (χ2n) is 9.60. The Morgan fingerprint density at radius 2 is 1.21 bits per heavy atom. The van der Waals surface area contributed by atoms with Crippen LogP contribution >= 0.6 is 7.82 Å². The summed E-state index contributed by atoms with van der Waals surface area (Å²) in [7, 11) is -4.72. The number of ether oxygens (including phenoxy) is 1. The lowest BCUT2D eigenvalue weighted by Gasteiger charge is -2.18. The van der Waals surface area contributed by atoms with E-state index < -0.39 is 57.6 Å². The standard InChI is InChI=1S/C26H50NO10P/c1-3-5-7-9-10-11-12-14-15-17-24(29)27-23(26(31)32)21-37-38(33,34)36-20-22(28)19-35-25(30)18-16-13-8-6-4-2/h22-23,28H,3-21H2,1-2H3,(H,27,29)(H,31,32)(H,33,34). The molecule has 0 aliphatic carbocycles. The topological polar surface area (TPSA) is 169 Å². The number of phosphoric acid groups is 1. The van der Waals surface area contributed by atoms with Crippen LogP contribution in [0.2, 0.25) is 0 Å². The lowest BCUT2D eigenvalue weighted by atomic mass is 10.1. The molecule has 0 aliphatic rings. The first-order chi connectivity index (χ1) is 18.1. The quantitative estimate of drug-likeness (QED) is 0.0642. The number of hydrogen-bond acceptors (Lipinski definition) is 8. The fraction of sp³-hybridized carbons (Fsp3) is 0.885. The Morgan fingerprint density at radius 1 is 0.737 bits per heavy atom. The van der Waals surface area contributed by atoms with Gasteiger partial charge in [0.05, 0.1) is 13.2 Å². The van der Waals surface area contributed by atoms with Crippen LogP contribution < -0.4 is 5.32 Å². The van der Waals surface area contributed by atoms with E-state index in [1.807, 2.05) is 0 Å². The lowest BCUT2D eigenvalue weighted by molar-refractivity contribution is -0.147. The van der Waals surface area contributed by atoms with Crippen LogP contribution in [0.15, 0.2) is 0 Å². The van der Waals surface area contributed by atoms with E-state index in [2.05, 4.69) is 28.2 Å². The summed E-state index contributed by atoms with van der Waals surface area (Å²) < 4.78 is 26.3. The summed E-state index contributed by atoms with van der Waals surface area (Å²) in [5.74, 6) is -2.39. The van der Waals surface area contributed by atoms with E-state index >= 15 is 0 Å². The number of carboxylic acids is 1. The molecule has 3 atom stereocenters. The first-order valence-electron chi connectivity index (χ1n) is 14.1. The Hall–Kier alpha value is -1.52. The molecule has 0 radical (unpaired) electrons. The fourth-order valence-electron chi connectivity index (χ4n) is 3.61. The monoisotopic (exact) mass is 567 g/mol. The number of aliphatic hydroxyl groups excluding tert-OH is 1. The highest BCUT2D eigenvalue weighted by atomic mass is 31.2. The molecule has 1 amide bonds. The van der Waals surface area contributed by atoms with Gasteiger partial charge in [-0.2, -0.15) is 0 Å². The minimum Gasteiger partial charge on any atom is -0.480 e. The Morgan fingerprint density at radius 3 is 1.74 bits per heavy atom. The largest absolute Gasteiger partial charge is 0.480 e. The first kappa shape index (κ1) is 36.5. The predicted octanol–water partition coefficient (Wildman–Crippen LogP) is 4.87. The first-order valence-corrected chi connectivity index (χ1v) is 15.6. The molecule has 3 unspecified atom stereocenters. The van der Waals surface area contributed by atoms with Gasteiger partial charge >= 0.3 is 19.8 Å².